The van der Waals surface area contributed by atoms with Gasteiger partial charge in [0, 0.05) is 56.1 Å². The number of nitrogens with one attached hydrogen (secondary N) is 3. The summed E-state index contributed by atoms with van der Waals surface area (Å²) in [5, 5.41) is 11.5. The maximum Gasteiger partial charge on any atom is 0.256 e. The molecule has 1 aromatic carbocycles. The highest BCUT2D eigenvalue weighted by Gasteiger charge is 2.29. The third-order valence-corrected chi connectivity index (χ3v) is 6.90. The van der Waals surface area contributed by atoms with Crippen molar-refractivity contribution in [1.29, 1.82) is 0 Å². The second-order valence-electron chi connectivity index (χ2n) is 9.56. The van der Waals surface area contributed by atoms with Crippen LogP contribution in [0, 0.1) is 0 Å². The summed E-state index contributed by atoms with van der Waals surface area (Å²) in [6.45, 7) is 6.94. The van der Waals surface area contributed by atoms with Crippen LogP contribution in [-0.2, 0) is 11.8 Å². The fourth-order valence-corrected chi connectivity index (χ4v) is 4.98. The molecule has 1 unspecified atom stereocenters. The van der Waals surface area contributed by atoms with E-state index in [-0.39, 0.29) is 11.9 Å². The van der Waals surface area contributed by atoms with Crippen molar-refractivity contribution in [3.05, 3.63) is 42.9 Å². The van der Waals surface area contributed by atoms with Gasteiger partial charge in [-0.15, -0.1) is 5.10 Å². The maximum atomic E-state index is 13.2. The van der Waals surface area contributed by atoms with E-state index >= 15 is 0 Å². The van der Waals surface area contributed by atoms with Gasteiger partial charge in [0.05, 0.1) is 36.2 Å². The number of anilines is 3. The zero-order valence-electron chi connectivity index (χ0n) is 21.8. The number of carbonyl (C=O) groups is 1. The number of rotatable bonds is 7. The fraction of sp³-hybridized carbons (Fsp3) is 0.385. The Balaban J connectivity index is 1.37. The van der Waals surface area contributed by atoms with E-state index in [1.807, 2.05) is 44.4 Å². The number of H-pyrrole nitrogens is 1. The number of fused-ring (bicyclic) bond motifs is 1. The number of aromatic nitrogens is 5. The molecule has 0 spiro atoms. The number of hydrogen-bond donors (Lipinski definition) is 3. The van der Waals surface area contributed by atoms with E-state index in [0.717, 1.165) is 47.5 Å². The Kier molecular flexibility index (Phi) is 6.81. The minimum absolute atomic E-state index is 0.0148. The van der Waals surface area contributed by atoms with Crippen molar-refractivity contribution in [3.63, 3.8) is 0 Å². The zero-order valence-corrected chi connectivity index (χ0v) is 21.8. The number of carbonyl (C=O) groups excluding carboxylic acids is 1. The molecular weight excluding hydrogens is 470 g/mol. The number of benzene rings is 1. The molecule has 11 heteroatoms. The Morgan fingerprint density at radius 3 is 2.84 bits per heavy atom. The number of amides is 1. The summed E-state index contributed by atoms with van der Waals surface area (Å²) in [7, 11) is 5.51. The van der Waals surface area contributed by atoms with E-state index in [1.54, 1.807) is 24.2 Å². The van der Waals surface area contributed by atoms with Gasteiger partial charge in [-0.3, -0.25) is 14.4 Å². The van der Waals surface area contributed by atoms with Gasteiger partial charge in [0.15, 0.2) is 0 Å². The molecule has 0 aliphatic carbocycles. The van der Waals surface area contributed by atoms with Crippen LogP contribution in [0.25, 0.3) is 22.2 Å². The SMILES string of the molecule is COc1nn(C)cc1Nc1nccc(-c2c[nH]c3c(NC(=O)C(C)N4CCN(C)C[C@H]4C)cccc23)n1. The molecule has 4 aromatic rings. The molecule has 4 heterocycles. The zero-order chi connectivity index (χ0) is 26.1. The Bertz CT molecular complexity index is 1410. The summed E-state index contributed by atoms with van der Waals surface area (Å²) in [4.78, 5) is 30.2. The minimum atomic E-state index is -0.228. The van der Waals surface area contributed by atoms with Gasteiger partial charge in [0.1, 0.15) is 5.69 Å². The lowest BCUT2D eigenvalue weighted by atomic mass is 10.1. The van der Waals surface area contributed by atoms with Gasteiger partial charge in [0.25, 0.3) is 5.88 Å². The van der Waals surface area contributed by atoms with Crippen LogP contribution in [-0.4, -0.2) is 86.3 Å². The average molecular weight is 504 g/mol. The maximum absolute atomic E-state index is 13.2. The van der Waals surface area contributed by atoms with Crippen molar-refractivity contribution < 1.29 is 9.53 Å². The van der Waals surface area contributed by atoms with Gasteiger partial charge in [-0.2, -0.15) is 0 Å². The average Bonchev–Trinajstić information content (AvgIpc) is 3.47. The molecule has 3 N–H and O–H groups in total. The van der Waals surface area contributed by atoms with E-state index in [2.05, 4.69) is 49.5 Å². The summed E-state index contributed by atoms with van der Waals surface area (Å²) in [5.74, 6) is 0.876. The first-order valence-electron chi connectivity index (χ1n) is 12.4. The largest absolute Gasteiger partial charge is 0.478 e. The number of likely N-dealkylation sites (N-methyl/N-ethyl adjacent to an activating group) is 1. The standard InChI is InChI=1S/C26H33N9O2/c1-16-14-33(3)11-12-35(16)17(2)24(36)29-21-8-6-7-18-19(13-28-23(18)21)20-9-10-27-26(30-20)31-22-15-34(4)32-25(22)37-5/h6-10,13,15-17,28H,11-12,14H2,1-5H3,(H,29,36)(H,27,30,31)/t16-,17?/m1/s1. The van der Waals surface area contributed by atoms with Gasteiger partial charge in [-0.1, -0.05) is 12.1 Å². The van der Waals surface area contributed by atoms with Crippen LogP contribution >= 0.6 is 0 Å². The molecule has 194 valence electrons. The third kappa shape index (κ3) is 5.00. The number of aryl methyl sites for hydroxylation is 1. The third-order valence-electron chi connectivity index (χ3n) is 6.90. The summed E-state index contributed by atoms with van der Waals surface area (Å²) >= 11 is 0. The molecule has 3 aromatic heterocycles. The van der Waals surface area contributed by atoms with Crippen LogP contribution in [0.5, 0.6) is 5.88 Å². The molecule has 11 nitrogen and oxygen atoms in total. The van der Waals surface area contributed by atoms with Crippen molar-refractivity contribution in [1.82, 2.24) is 34.5 Å². The topological polar surface area (TPSA) is 116 Å². The van der Waals surface area contributed by atoms with E-state index in [1.165, 1.54) is 0 Å². The highest BCUT2D eigenvalue weighted by molar-refractivity contribution is 6.06. The first-order valence-corrected chi connectivity index (χ1v) is 12.4. The van der Waals surface area contributed by atoms with Crippen molar-refractivity contribution >= 4 is 34.1 Å². The van der Waals surface area contributed by atoms with Gasteiger partial charge in [-0.25, -0.2) is 9.97 Å². The van der Waals surface area contributed by atoms with Gasteiger partial charge in [0.2, 0.25) is 11.9 Å². The Labute approximate surface area is 215 Å². The Hall–Kier alpha value is -3.96. The van der Waals surface area contributed by atoms with E-state index < -0.39 is 0 Å². The van der Waals surface area contributed by atoms with Gasteiger partial charge < -0.3 is 25.3 Å². The lowest BCUT2D eigenvalue weighted by Crippen LogP contribution is -2.56. The molecular formula is C26H33N9O2. The molecule has 5 rings (SSSR count). The first-order chi connectivity index (χ1) is 17.8. The number of nitrogens with zero attached hydrogens (tertiary/aromatic N) is 6. The first kappa shape index (κ1) is 24.7. The van der Waals surface area contributed by atoms with Crippen molar-refractivity contribution in [2.45, 2.75) is 25.9 Å². The highest BCUT2D eigenvalue weighted by atomic mass is 16.5. The second kappa shape index (κ2) is 10.2. The Morgan fingerprint density at radius 1 is 1.22 bits per heavy atom. The quantitative estimate of drug-likeness (QED) is 0.352. The summed E-state index contributed by atoms with van der Waals surface area (Å²) in [6, 6.07) is 7.83. The lowest BCUT2D eigenvalue weighted by molar-refractivity contribution is -0.122. The highest BCUT2D eigenvalue weighted by Crippen LogP contribution is 2.32. The summed E-state index contributed by atoms with van der Waals surface area (Å²) in [6.07, 6.45) is 5.42. The molecule has 1 fully saturated rings. The summed E-state index contributed by atoms with van der Waals surface area (Å²) < 4.78 is 6.97. The smallest absolute Gasteiger partial charge is 0.256 e. The molecule has 37 heavy (non-hydrogen) atoms. The second-order valence-corrected chi connectivity index (χ2v) is 9.56. The van der Waals surface area contributed by atoms with Crippen LogP contribution in [0.4, 0.5) is 17.3 Å². The number of methoxy groups -OCH3 is 1. The molecule has 0 bridgehead atoms. The normalized spacial score (nSPS) is 17.6. The summed E-state index contributed by atoms with van der Waals surface area (Å²) in [5.41, 5.74) is 3.93. The van der Waals surface area contributed by atoms with E-state index in [4.69, 9.17) is 9.72 Å². The molecule has 0 radical (unpaired) electrons. The molecule has 2 atom stereocenters. The van der Waals surface area contributed by atoms with Crippen LogP contribution < -0.4 is 15.4 Å². The van der Waals surface area contributed by atoms with Crippen LogP contribution in [0.2, 0.25) is 0 Å². The van der Waals surface area contributed by atoms with Crippen LogP contribution in [0.3, 0.4) is 0 Å². The lowest BCUT2D eigenvalue weighted by Gasteiger charge is -2.41. The van der Waals surface area contributed by atoms with Crippen molar-refractivity contribution in [3.8, 4) is 17.1 Å². The molecule has 1 aliphatic heterocycles. The number of para-hydroxylation sites is 1. The van der Waals surface area contributed by atoms with Crippen LogP contribution in [0.1, 0.15) is 13.8 Å². The predicted octanol–water partition coefficient (Wildman–Crippen LogP) is 3.07. The van der Waals surface area contributed by atoms with Gasteiger partial charge >= 0.3 is 0 Å². The number of hydrogen-bond acceptors (Lipinski definition) is 8. The number of piperazine rings is 1. The minimum Gasteiger partial charge on any atom is -0.478 e. The van der Waals surface area contributed by atoms with E-state index in [9.17, 15) is 4.79 Å². The van der Waals surface area contributed by atoms with Crippen LogP contribution in [0.15, 0.2) is 42.9 Å². The fourth-order valence-electron chi connectivity index (χ4n) is 4.98. The monoisotopic (exact) mass is 503 g/mol. The number of ether oxygens (including phenoxy) is 1. The molecule has 0 saturated carbocycles. The number of aromatic amines is 1. The van der Waals surface area contributed by atoms with E-state index in [0.29, 0.717) is 23.6 Å². The van der Waals surface area contributed by atoms with Crippen molar-refractivity contribution in [2.75, 3.05) is 44.4 Å². The van der Waals surface area contributed by atoms with Gasteiger partial charge in [-0.05, 0) is 33.0 Å². The molecule has 1 aliphatic rings. The molecule has 1 saturated heterocycles. The molecule has 1 amide bonds. The predicted molar refractivity (Wildman–Crippen MR) is 144 cm³/mol. The Morgan fingerprint density at radius 2 is 2.05 bits per heavy atom. The van der Waals surface area contributed by atoms with Crippen molar-refractivity contribution in [2.24, 2.45) is 7.05 Å².